The Morgan fingerprint density at radius 2 is 2.28 bits per heavy atom. The summed E-state index contributed by atoms with van der Waals surface area (Å²) in [6.07, 6.45) is 5.02. The summed E-state index contributed by atoms with van der Waals surface area (Å²) in [6.45, 7) is 2.84. The van der Waals surface area contributed by atoms with Crippen molar-refractivity contribution >= 4 is 28.1 Å². The van der Waals surface area contributed by atoms with Crippen LogP contribution < -0.4 is 0 Å². The van der Waals surface area contributed by atoms with Crippen LogP contribution in [0.25, 0.3) is 0 Å². The highest BCUT2D eigenvalue weighted by Gasteiger charge is 2.23. The van der Waals surface area contributed by atoms with Gasteiger partial charge in [-0.2, -0.15) is 0 Å². The minimum absolute atomic E-state index is 0.513. The molecule has 1 fully saturated rings. The lowest BCUT2D eigenvalue weighted by Gasteiger charge is -2.26. The molecule has 100 valence electrons. The predicted molar refractivity (Wildman–Crippen MR) is 78.2 cm³/mol. The number of halogens is 1. The molecule has 2 rings (SSSR count). The van der Waals surface area contributed by atoms with Gasteiger partial charge in [0.1, 0.15) is 10.5 Å². The Kier molecular flexibility index (Phi) is 4.92. The number of rotatable bonds is 3. The van der Waals surface area contributed by atoms with Gasteiger partial charge in [-0.25, -0.2) is 4.98 Å². The number of nitrogens with one attached hydrogen (secondary N) is 1. The number of aromatic nitrogens is 2. The first-order valence-electron chi connectivity index (χ1n) is 6.39. The lowest BCUT2D eigenvalue weighted by atomic mass is 9.82. The zero-order valence-electron chi connectivity index (χ0n) is 10.8. The Bertz CT molecular complexity index is 475. The number of hydrogen-bond donors (Lipinski definition) is 1. The molecule has 0 saturated heterocycles. The van der Waals surface area contributed by atoms with E-state index in [2.05, 4.69) is 32.8 Å². The summed E-state index contributed by atoms with van der Waals surface area (Å²) >= 11 is 8.78. The van der Waals surface area contributed by atoms with Crippen LogP contribution in [-0.4, -0.2) is 17.1 Å². The molecule has 0 bridgehead atoms. The summed E-state index contributed by atoms with van der Waals surface area (Å²) in [5.74, 6) is 2.32. The molecule has 0 aliphatic heterocycles. The van der Waals surface area contributed by atoms with E-state index in [9.17, 15) is 0 Å². The van der Waals surface area contributed by atoms with Crippen molar-refractivity contribution in [2.75, 3.05) is 7.11 Å². The summed E-state index contributed by atoms with van der Waals surface area (Å²) < 4.78 is 6.68. The van der Waals surface area contributed by atoms with E-state index in [0.29, 0.717) is 17.2 Å². The van der Waals surface area contributed by atoms with Crippen molar-refractivity contribution in [2.45, 2.75) is 45.1 Å². The normalized spacial score (nSPS) is 24.2. The average Bonchev–Trinajstić information content (AvgIpc) is 2.35. The molecule has 5 heteroatoms. The van der Waals surface area contributed by atoms with Gasteiger partial charge in [0.05, 0.1) is 16.8 Å². The maximum atomic E-state index is 5.31. The Hall–Kier alpha value is -0.260. The monoisotopic (exact) mass is 330 g/mol. The fraction of sp³-hybridized carbons (Fsp3) is 0.692. The van der Waals surface area contributed by atoms with E-state index in [1.165, 1.54) is 25.7 Å². The van der Waals surface area contributed by atoms with Crippen LogP contribution in [0.2, 0.25) is 0 Å². The summed E-state index contributed by atoms with van der Waals surface area (Å²) in [5, 5.41) is 0. The number of nitrogens with zero attached hydrogens (tertiary/aromatic N) is 1. The Labute approximate surface area is 121 Å². The zero-order chi connectivity index (χ0) is 13.1. The Morgan fingerprint density at radius 3 is 2.94 bits per heavy atom. The van der Waals surface area contributed by atoms with Gasteiger partial charge < -0.3 is 9.72 Å². The van der Waals surface area contributed by atoms with Crippen LogP contribution in [0.1, 0.15) is 50.0 Å². The first-order chi connectivity index (χ1) is 8.61. The van der Waals surface area contributed by atoms with Crippen molar-refractivity contribution < 1.29 is 4.74 Å². The number of ether oxygens (including phenoxy) is 1. The van der Waals surface area contributed by atoms with Crippen molar-refractivity contribution in [3.05, 3.63) is 20.6 Å². The van der Waals surface area contributed by atoms with Gasteiger partial charge in [-0.1, -0.05) is 32.0 Å². The number of aromatic amines is 1. The molecule has 0 aromatic carbocycles. The van der Waals surface area contributed by atoms with Gasteiger partial charge in [0.15, 0.2) is 0 Å². The van der Waals surface area contributed by atoms with Crippen molar-refractivity contribution in [3.63, 3.8) is 0 Å². The summed E-state index contributed by atoms with van der Waals surface area (Å²) in [7, 11) is 1.69. The van der Waals surface area contributed by atoms with Gasteiger partial charge in [-0.3, -0.25) is 0 Å². The van der Waals surface area contributed by atoms with Crippen molar-refractivity contribution in [2.24, 2.45) is 5.92 Å². The van der Waals surface area contributed by atoms with Crippen LogP contribution in [-0.2, 0) is 11.3 Å². The molecule has 0 amide bonds. The molecule has 1 heterocycles. The second-order valence-electron chi connectivity index (χ2n) is 5.12. The highest BCUT2D eigenvalue weighted by molar-refractivity contribution is 9.10. The van der Waals surface area contributed by atoms with Gasteiger partial charge >= 0.3 is 0 Å². The molecular weight excluding hydrogens is 312 g/mol. The molecule has 2 atom stereocenters. The van der Waals surface area contributed by atoms with Crippen LogP contribution in [0.5, 0.6) is 0 Å². The third kappa shape index (κ3) is 3.19. The molecule has 1 aromatic rings. The highest BCUT2D eigenvalue weighted by Crippen LogP contribution is 2.35. The average molecular weight is 331 g/mol. The van der Waals surface area contributed by atoms with Crippen molar-refractivity contribution in [1.29, 1.82) is 0 Å². The van der Waals surface area contributed by atoms with Crippen LogP contribution in [0.3, 0.4) is 0 Å². The number of methoxy groups -OCH3 is 1. The molecule has 1 saturated carbocycles. The quantitative estimate of drug-likeness (QED) is 0.837. The molecule has 2 unspecified atom stereocenters. The lowest BCUT2D eigenvalue weighted by molar-refractivity contribution is 0.180. The van der Waals surface area contributed by atoms with Crippen molar-refractivity contribution in [1.82, 2.24) is 9.97 Å². The fourth-order valence-corrected chi connectivity index (χ4v) is 3.17. The van der Waals surface area contributed by atoms with Gasteiger partial charge in [0.25, 0.3) is 0 Å². The van der Waals surface area contributed by atoms with E-state index in [0.717, 1.165) is 21.9 Å². The molecule has 1 N–H and O–H groups in total. The molecule has 0 spiro atoms. The van der Waals surface area contributed by atoms with Gasteiger partial charge in [-0.05, 0) is 34.7 Å². The van der Waals surface area contributed by atoms with Crippen LogP contribution in [0.15, 0.2) is 4.47 Å². The van der Waals surface area contributed by atoms with Gasteiger partial charge in [0.2, 0.25) is 0 Å². The van der Waals surface area contributed by atoms with E-state index in [1.807, 2.05) is 0 Å². The van der Waals surface area contributed by atoms with Crippen LogP contribution in [0, 0.1) is 10.6 Å². The minimum Gasteiger partial charge on any atom is -0.378 e. The van der Waals surface area contributed by atoms with Gasteiger partial charge in [0, 0.05) is 13.0 Å². The minimum atomic E-state index is 0.513. The summed E-state index contributed by atoms with van der Waals surface area (Å²) in [4.78, 5) is 7.93. The lowest BCUT2D eigenvalue weighted by Crippen LogP contribution is -2.15. The SMILES string of the molecule is COCc1[nH]c(C2CCCC(C)C2)nc(=S)c1Br. The molecule has 1 aliphatic carbocycles. The molecular formula is C13H19BrN2OS. The predicted octanol–water partition coefficient (Wildman–Crippen LogP) is 4.34. The highest BCUT2D eigenvalue weighted by atomic mass is 79.9. The Morgan fingerprint density at radius 1 is 1.50 bits per heavy atom. The maximum Gasteiger partial charge on any atom is 0.144 e. The van der Waals surface area contributed by atoms with Crippen LogP contribution >= 0.6 is 28.1 Å². The van der Waals surface area contributed by atoms with E-state index in [1.54, 1.807) is 7.11 Å². The van der Waals surface area contributed by atoms with Gasteiger partial charge in [-0.15, -0.1) is 0 Å². The standard InChI is InChI=1S/C13H19BrN2OS/c1-8-4-3-5-9(6-8)12-15-10(7-17-2)11(14)13(18)16-12/h8-9H,3-7H2,1-2H3,(H,15,16,18). The second kappa shape index (κ2) is 6.26. The third-order valence-electron chi connectivity index (χ3n) is 3.57. The molecule has 1 aliphatic rings. The topological polar surface area (TPSA) is 37.9 Å². The number of hydrogen-bond acceptors (Lipinski definition) is 3. The third-order valence-corrected chi connectivity index (χ3v) is 4.98. The van der Waals surface area contributed by atoms with E-state index in [-0.39, 0.29) is 0 Å². The molecule has 1 aromatic heterocycles. The summed E-state index contributed by atoms with van der Waals surface area (Å²) in [6, 6.07) is 0. The largest absolute Gasteiger partial charge is 0.378 e. The van der Waals surface area contributed by atoms with Crippen LogP contribution in [0.4, 0.5) is 0 Å². The molecule has 18 heavy (non-hydrogen) atoms. The summed E-state index contributed by atoms with van der Waals surface area (Å²) in [5.41, 5.74) is 0.991. The second-order valence-corrected chi connectivity index (χ2v) is 6.30. The maximum absolute atomic E-state index is 5.31. The van der Waals surface area contributed by atoms with E-state index in [4.69, 9.17) is 17.0 Å². The van der Waals surface area contributed by atoms with E-state index >= 15 is 0 Å². The fourth-order valence-electron chi connectivity index (χ4n) is 2.64. The number of H-pyrrole nitrogens is 1. The molecule has 0 radical (unpaired) electrons. The first kappa shape index (κ1) is 14.2. The van der Waals surface area contributed by atoms with E-state index < -0.39 is 0 Å². The molecule has 3 nitrogen and oxygen atoms in total. The smallest absolute Gasteiger partial charge is 0.144 e. The first-order valence-corrected chi connectivity index (χ1v) is 7.59. The van der Waals surface area contributed by atoms with Crippen molar-refractivity contribution in [3.8, 4) is 0 Å². The zero-order valence-corrected chi connectivity index (χ0v) is 13.2. The Balaban J connectivity index is 2.30.